The maximum Gasteiger partial charge on any atom is 0.293 e. The number of nitrogens with one attached hydrogen (secondary N) is 2. The predicted octanol–water partition coefficient (Wildman–Crippen LogP) is 3.77. The summed E-state index contributed by atoms with van der Waals surface area (Å²) in [7, 11) is 1.61. The van der Waals surface area contributed by atoms with E-state index < -0.39 is 5.82 Å². The molecule has 28 heavy (non-hydrogen) atoms. The maximum absolute atomic E-state index is 13.6. The number of H-pyrrole nitrogens is 1. The molecule has 6 nitrogen and oxygen atoms in total. The SMILES string of the molecule is CC(Nc1nc(-c2c[nH]c3ncc(F)cc23)cn(C)c1=O)c1cccc(F)c1. The van der Waals surface area contributed by atoms with Crippen molar-refractivity contribution in [1.82, 2.24) is 19.5 Å². The zero-order valence-electron chi connectivity index (χ0n) is 15.2. The summed E-state index contributed by atoms with van der Waals surface area (Å²) in [4.78, 5) is 23.9. The van der Waals surface area contributed by atoms with Crippen molar-refractivity contribution in [3.8, 4) is 11.3 Å². The van der Waals surface area contributed by atoms with Gasteiger partial charge in [0.1, 0.15) is 17.3 Å². The van der Waals surface area contributed by atoms with E-state index in [1.165, 1.54) is 22.8 Å². The summed E-state index contributed by atoms with van der Waals surface area (Å²) < 4.78 is 28.5. The van der Waals surface area contributed by atoms with E-state index in [2.05, 4.69) is 20.3 Å². The van der Waals surface area contributed by atoms with Crippen LogP contribution in [0.3, 0.4) is 0 Å². The van der Waals surface area contributed by atoms with Crippen molar-refractivity contribution < 1.29 is 8.78 Å². The molecular formula is C20H17F2N5O. The van der Waals surface area contributed by atoms with Crippen molar-refractivity contribution in [3.05, 3.63) is 76.5 Å². The van der Waals surface area contributed by atoms with Gasteiger partial charge in [-0.3, -0.25) is 4.79 Å². The van der Waals surface area contributed by atoms with Gasteiger partial charge >= 0.3 is 0 Å². The molecular weight excluding hydrogens is 364 g/mol. The molecule has 1 atom stereocenters. The fourth-order valence-corrected chi connectivity index (χ4v) is 3.08. The summed E-state index contributed by atoms with van der Waals surface area (Å²) in [6.45, 7) is 1.81. The Morgan fingerprint density at radius 2 is 2.04 bits per heavy atom. The van der Waals surface area contributed by atoms with E-state index in [9.17, 15) is 13.6 Å². The van der Waals surface area contributed by atoms with Crippen LogP contribution in [0.15, 0.2) is 53.7 Å². The van der Waals surface area contributed by atoms with Crippen LogP contribution >= 0.6 is 0 Å². The lowest BCUT2D eigenvalue weighted by Crippen LogP contribution is -2.24. The first-order valence-electron chi connectivity index (χ1n) is 8.65. The van der Waals surface area contributed by atoms with E-state index in [0.717, 1.165) is 6.20 Å². The monoisotopic (exact) mass is 381 g/mol. The zero-order valence-corrected chi connectivity index (χ0v) is 15.2. The van der Waals surface area contributed by atoms with Gasteiger partial charge in [0.2, 0.25) is 0 Å². The smallest absolute Gasteiger partial charge is 0.293 e. The fourth-order valence-electron chi connectivity index (χ4n) is 3.08. The van der Waals surface area contributed by atoms with Gasteiger partial charge in [0.05, 0.1) is 17.9 Å². The average molecular weight is 381 g/mol. The van der Waals surface area contributed by atoms with Crippen molar-refractivity contribution in [2.45, 2.75) is 13.0 Å². The summed E-state index contributed by atoms with van der Waals surface area (Å²) in [6.07, 6.45) is 4.38. The minimum atomic E-state index is -0.462. The lowest BCUT2D eigenvalue weighted by molar-refractivity contribution is 0.623. The minimum absolute atomic E-state index is 0.121. The second kappa shape index (κ2) is 6.88. The Bertz CT molecular complexity index is 1230. The van der Waals surface area contributed by atoms with Crippen LogP contribution in [0.25, 0.3) is 22.3 Å². The lowest BCUT2D eigenvalue weighted by atomic mass is 10.1. The number of fused-ring (bicyclic) bond motifs is 1. The Kier molecular flexibility index (Phi) is 4.38. The summed E-state index contributed by atoms with van der Waals surface area (Å²) in [5.41, 5.74) is 1.99. The predicted molar refractivity (Wildman–Crippen MR) is 103 cm³/mol. The fraction of sp³-hybridized carbons (Fsp3) is 0.150. The van der Waals surface area contributed by atoms with Crippen molar-refractivity contribution in [2.24, 2.45) is 7.05 Å². The topological polar surface area (TPSA) is 75.6 Å². The van der Waals surface area contributed by atoms with E-state index in [4.69, 9.17) is 0 Å². The van der Waals surface area contributed by atoms with Crippen molar-refractivity contribution >= 4 is 16.9 Å². The first-order valence-corrected chi connectivity index (χ1v) is 8.65. The Morgan fingerprint density at radius 1 is 1.21 bits per heavy atom. The van der Waals surface area contributed by atoms with Gasteiger partial charge in [-0.25, -0.2) is 18.7 Å². The molecule has 142 valence electrons. The highest BCUT2D eigenvalue weighted by Gasteiger charge is 2.15. The first kappa shape index (κ1) is 17.8. The highest BCUT2D eigenvalue weighted by atomic mass is 19.1. The molecule has 0 saturated carbocycles. The van der Waals surface area contributed by atoms with Gasteiger partial charge in [0.15, 0.2) is 5.82 Å². The van der Waals surface area contributed by atoms with E-state index in [0.29, 0.717) is 27.9 Å². The van der Waals surface area contributed by atoms with Gasteiger partial charge in [-0.1, -0.05) is 12.1 Å². The van der Waals surface area contributed by atoms with Gasteiger partial charge < -0.3 is 14.9 Å². The lowest BCUT2D eigenvalue weighted by Gasteiger charge is -2.16. The third-order valence-corrected chi connectivity index (χ3v) is 4.55. The summed E-state index contributed by atoms with van der Waals surface area (Å²) >= 11 is 0. The summed E-state index contributed by atoms with van der Waals surface area (Å²) in [6, 6.07) is 7.16. The van der Waals surface area contributed by atoms with Crippen LogP contribution < -0.4 is 10.9 Å². The molecule has 0 saturated heterocycles. The minimum Gasteiger partial charge on any atom is -0.359 e. The second-order valence-electron chi connectivity index (χ2n) is 6.56. The molecule has 1 unspecified atom stereocenters. The van der Waals surface area contributed by atoms with E-state index in [-0.39, 0.29) is 23.2 Å². The number of hydrogen-bond donors (Lipinski definition) is 2. The average Bonchev–Trinajstić information content (AvgIpc) is 3.08. The molecule has 8 heteroatoms. The molecule has 2 N–H and O–H groups in total. The molecule has 0 fully saturated rings. The molecule has 1 aromatic carbocycles. The zero-order chi connectivity index (χ0) is 19.8. The van der Waals surface area contributed by atoms with Crippen molar-refractivity contribution in [1.29, 1.82) is 0 Å². The molecule has 4 aromatic rings. The number of benzene rings is 1. The largest absolute Gasteiger partial charge is 0.359 e. The van der Waals surface area contributed by atoms with Crippen LogP contribution in [0.5, 0.6) is 0 Å². The molecule has 0 spiro atoms. The molecule has 0 amide bonds. The van der Waals surface area contributed by atoms with E-state index in [1.54, 1.807) is 31.6 Å². The molecule has 3 heterocycles. The number of halogens is 2. The van der Waals surface area contributed by atoms with Gasteiger partial charge in [-0.15, -0.1) is 0 Å². The Labute approximate surface area is 158 Å². The van der Waals surface area contributed by atoms with Crippen LogP contribution in [-0.4, -0.2) is 19.5 Å². The third-order valence-electron chi connectivity index (χ3n) is 4.55. The molecule has 0 aliphatic rings. The standard InChI is InChI=1S/C20H17F2N5O/c1-11(12-4-3-5-13(21)6-12)25-19-20(28)27(2)10-17(26-19)16-9-24-18-15(16)7-14(22)8-23-18/h3-11H,1-2H3,(H,23,24)(H,25,26). The van der Waals surface area contributed by atoms with Gasteiger partial charge in [0.25, 0.3) is 5.56 Å². The summed E-state index contributed by atoms with van der Waals surface area (Å²) in [5.74, 6) is -0.694. The van der Waals surface area contributed by atoms with Gasteiger partial charge in [-0.2, -0.15) is 0 Å². The van der Waals surface area contributed by atoms with Gasteiger partial charge in [0, 0.05) is 30.4 Å². The van der Waals surface area contributed by atoms with Crippen LogP contribution in [0.4, 0.5) is 14.6 Å². The number of aryl methyl sites for hydroxylation is 1. The number of hydrogen-bond acceptors (Lipinski definition) is 4. The van der Waals surface area contributed by atoms with Gasteiger partial charge in [-0.05, 0) is 30.7 Å². The molecule has 0 bridgehead atoms. The van der Waals surface area contributed by atoms with Crippen molar-refractivity contribution in [2.75, 3.05) is 5.32 Å². The first-order chi connectivity index (χ1) is 13.4. The Balaban J connectivity index is 1.76. The molecule has 3 aromatic heterocycles. The molecule has 0 aliphatic carbocycles. The maximum atomic E-state index is 13.6. The van der Waals surface area contributed by atoms with Crippen LogP contribution in [0.2, 0.25) is 0 Å². The number of pyridine rings is 1. The van der Waals surface area contributed by atoms with E-state index >= 15 is 0 Å². The number of aromatic amines is 1. The number of nitrogens with zero attached hydrogens (tertiary/aromatic N) is 3. The van der Waals surface area contributed by atoms with Crippen LogP contribution in [-0.2, 0) is 7.05 Å². The van der Waals surface area contributed by atoms with Crippen LogP contribution in [0.1, 0.15) is 18.5 Å². The van der Waals surface area contributed by atoms with E-state index in [1.807, 2.05) is 6.92 Å². The Morgan fingerprint density at radius 3 is 2.82 bits per heavy atom. The number of anilines is 1. The van der Waals surface area contributed by atoms with Crippen LogP contribution in [0, 0.1) is 11.6 Å². The highest BCUT2D eigenvalue weighted by molar-refractivity contribution is 5.92. The second-order valence-corrected chi connectivity index (χ2v) is 6.56. The number of rotatable bonds is 4. The number of aromatic nitrogens is 4. The Hall–Kier alpha value is -3.55. The molecule has 0 aliphatic heterocycles. The quantitative estimate of drug-likeness (QED) is 0.564. The van der Waals surface area contributed by atoms with Crippen molar-refractivity contribution in [3.63, 3.8) is 0 Å². The summed E-state index contributed by atoms with van der Waals surface area (Å²) in [5, 5.41) is 3.61. The molecule has 0 radical (unpaired) electrons. The normalized spacial score (nSPS) is 12.3. The third kappa shape index (κ3) is 3.24. The highest BCUT2D eigenvalue weighted by Crippen LogP contribution is 2.27. The molecule has 4 rings (SSSR count).